The lowest BCUT2D eigenvalue weighted by atomic mass is 9.94. The fraction of sp³-hybridized carbons (Fsp3) is 0.692. The molecule has 0 bridgehead atoms. The molecule has 2 aliphatic rings. The number of hydrogen-bond donors (Lipinski definition) is 2. The molecule has 3 nitrogen and oxygen atoms in total. The zero-order valence-electron chi connectivity index (χ0n) is 9.67. The number of rotatable bonds is 5. The molecule has 1 aliphatic heterocycles. The van der Waals surface area contributed by atoms with Crippen molar-refractivity contribution in [1.29, 1.82) is 0 Å². The van der Waals surface area contributed by atoms with E-state index >= 15 is 0 Å². The van der Waals surface area contributed by atoms with Gasteiger partial charge in [-0.05, 0) is 26.2 Å². The number of aliphatic hydroxyl groups is 2. The first-order chi connectivity index (χ1) is 7.67. The van der Waals surface area contributed by atoms with Gasteiger partial charge in [-0.15, -0.1) is 0 Å². The summed E-state index contributed by atoms with van der Waals surface area (Å²) in [5.74, 6) is 0. The van der Waals surface area contributed by atoms with E-state index in [4.69, 9.17) is 4.74 Å². The van der Waals surface area contributed by atoms with E-state index in [0.717, 1.165) is 12.8 Å². The number of allylic oxidation sites excluding steroid dienone is 4. The average Bonchev–Trinajstić information content (AvgIpc) is 2.99. The van der Waals surface area contributed by atoms with Gasteiger partial charge in [0.15, 0.2) is 0 Å². The normalized spacial score (nSPS) is 42.1. The van der Waals surface area contributed by atoms with Gasteiger partial charge in [0.05, 0.1) is 11.7 Å². The van der Waals surface area contributed by atoms with Gasteiger partial charge >= 0.3 is 0 Å². The van der Waals surface area contributed by atoms with Crippen LogP contribution >= 0.6 is 0 Å². The fourth-order valence-electron chi connectivity index (χ4n) is 2.45. The molecule has 0 aromatic heterocycles. The summed E-state index contributed by atoms with van der Waals surface area (Å²) in [6.07, 6.45) is 10.5. The Hall–Kier alpha value is -0.640. The predicted molar refractivity (Wildman–Crippen MR) is 62.0 cm³/mol. The molecule has 2 N–H and O–H groups in total. The third-order valence-electron chi connectivity index (χ3n) is 3.42. The molecular formula is C13H20O3. The van der Waals surface area contributed by atoms with Gasteiger partial charge in [0, 0.05) is 6.42 Å². The summed E-state index contributed by atoms with van der Waals surface area (Å²) in [6, 6.07) is 0. The SMILES string of the molecule is C/C=C/C/C=C/CC[C@@]1(O)C[C@@H](O)[C@@H]2O[C@@H]21. The summed E-state index contributed by atoms with van der Waals surface area (Å²) in [5, 5.41) is 19.8. The second-order valence-electron chi connectivity index (χ2n) is 4.71. The van der Waals surface area contributed by atoms with Crippen molar-refractivity contribution >= 4 is 0 Å². The Morgan fingerprint density at radius 2 is 2.19 bits per heavy atom. The maximum Gasteiger partial charge on any atom is 0.116 e. The first-order valence-corrected chi connectivity index (χ1v) is 5.99. The van der Waals surface area contributed by atoms with Crippen molar-refractivity contribution in [3.63, 3.8) is 0 Å². The standard InChI is InChI=1S/C13H20O3/c1-2-3-4-5-6-7-8-13(15)9-10(14)11-12(13)16-11/h2-3,5-6,10-12,14-15H,4,7-9H2,1H3/b3-2+,6-5+/t10-,11+,12+,13-/m1/s1. The van der Waals surface area contributed by atoms with Gasteiger partial charge in [-0.3, -0.25) is 0 Å². The van der Waals surface area contributed by atoms with Crippen LogP contribution in [0.1, 0.15) is 32.6 Å². The summed E-state index contributed by atoms with van der Waals surface area (Å²) in [4.78, 5) is 0. The third-order valence-corrected chi connectivity index (χ3v) is 3.42. The van der Waals surface area contributed by atoms with Crippen LogP contribution < -0.4 is 0 Å². The smallest absolute Gasteiger partial charge is 0.116 e. The minimum atomic E-state index is -0.797. The molecule has 4 atom stereocenters. The van der Waals surface area contributed by atoms with E-state index in [2.05, 4.69) is 18.2 Å². The minimum absolute atomic E-state index is 0.1000. The van der Waals surface area contributed by atoms with Crippen LogP contribution in [0.5, 0.6) is 0 Å². The molecule has 1 saturated heterocycles. The topological polar surface area (TPSA) is 53.0 Å². The number of ether oxygens (including phenoxy) is 1. The molecule has 1 saturated carbocycles. The summed E-state index contributed by atoms with van der Waals surface area (Å²) >= 11 is 0. The van der Waals surface area contributed by atoms with Crippen LogP contribution in [0.25, 0.3) is 0 Å². The van der Waals surface area contributed by atoms with Gasteiger partial charge in [0.1, 0.15) is 12.2 Å². The molecule has 1 heterocycles. The molecule has 1 aliphatic carbocycles. The Balaban J connectivity index is 1.72. The number of aliphatic hydroxyl groups excluding tert-OH is 1. The van der Waals surface area contributed by atoms with E-state index in [1.165, 1.54) is 0 Å². The fourth-order valence-corrected chi connectivity index (χ4v) is 2.45. The highest BCUT2D eigenvalue weighted by Gasteiger charge is 2.63. The van der Waals surface area contributed by atoms with E-state index < -0.39 is 11.7 Å². The Kier molecular flexibility index (Phi) is 3.47. The van der Waals surface area contributed by atoms with Crippen molar-refractivity contribution in [3.05, 3.63) is 24.3 Å². The predicted octanol–water partition coefficient (Wildman–Crippen LogP) is 1.55. The molecule has 0 radical (unpaired) electrons. The lowest BCUT2D eigenvalue weighted by Crippen LogP contribution is -2.33. The van der Waals surface area contributed by atoms with E-state index in [1.54, 1.807) is 0 Å². The molecule has 0 amide bonds. The quantitative estimate of drug-likeness (QED) is 0.550. The van der Waals surface area contributed by atoms with Crippen LogP contribution in [-0.4, -0.2) is 34.1 Å². The number of epoxide rings is 1. The van der Waals surface area contributed by atoms with Crippen LogP contribution in [0, 0.1) is 0 Å². The monoisotopic (exact) mass is 224 g/mol. The Labute approximate surface area is 96.4 Å². The number of hydrogen-bond acceptors (Lipinski definition) is 3. The first kappa shape index (κ1) is 11.8. The summed E-state index contributed by atoms with van der Waals surface area (Å²) in [6.45, 7) is 2.00. The molecule has 2 rings (SSSR count). The molecule has 16 heavy (non-hydrogen) atoms. The van der Waals surface area contributed by atoms with Crippen molar-refractivity contribution in [2.24, 2.45) is 0 Å². The highest BCUT2D eigenvalue weighted by molar-refractivity contribution is 5.13. The van der Waals surface area contributed by atoms with Gasteiger partial charge < -0.3 is 14.9 Å². The number of fused-ring (bicyclic) bond motifs is 1. The van der Waals surface area contributed by atoms with Gasteiger partial charge in [-0.1, -0.05) is 24.3 Å². The Morgan fingerprint density at radius 1 is 1.38 bits per heavy atom. The van der Waals surface area contributed by atoms with E-state index in [1.807, 2.05) is 13.0 Å². The van der Waals surface area contributed by atoms with E-state index in [9.17, 15) is 10.2 Å². The van der Waals surface area contributed by atoms with Crippen molar-refractivity contribution in [2.45, 2.75) is 56.5 Å². The molecule has 0 aromatic rings. The van der Waals surface area contributed by atoms with Crippen LogP contribution in [0.15, 0.2) is 24.3 Å². The largest absolute Gasteiger partial charge is 0.390 e. The van der Waals surface area contributed by atoms with Gasteiger partial charge in [-0.25, -0.2) is 0 Å². The first-order valence-electron chi connectivity index (χ1n) is 5.99. The lowest BCUT2D eigenvalue weighted by molar-refractivity contribution is -0.0344. The molecule has 90 valence electrons. The molecule has 2 fully saturated rings. The minimum Gasteiger partial charge on any atom is -0.390 e. The molecule has 0 spiro atoms. The summed E-state index contributed by atoms with van der Waals surface area (Å²) in [5.41, 5.74) is -0.797. The van der Waals surface area contributed by atoms with E-state index in [-0.39, 0.29) is 12.2 Å². The molecule has 3 heteroatoms. The zero-order chi connectivity index (χ0) is 11.6. The van der Waals surface area contributed by atoms with Crippen LogP contribution in [0.3, 0.4) is 0 Å². The van der Waals surface area contributed by atoms with Crippen LogP contribution in [0.4, 0.5) is 0 Å². The van der Waals surface area contributed by atoms with Crippen molar-refractivity contribution < 1.29 is 14.9 Å². The summed E-state index contributed by atoms with van der Waals surface area (Å²) < 4.78 is 5.24. The average molecular weight is 224 g/mol. The third kappa shape index (κ3) is 2.37. The van der Waals surface area contributed by atoms with Gasteiger partial charge in [0.2, 0.25) is 0 Å². The maximum absolute atomic E-state index is 10.2. The van der Waals surface area contributed by atoms with Crippen LogP contribution in [-0.2, 0) is 4.74 Å². The second-order valence-corrected chi connectivity index (χ2v) is 4.71. The molecular weight excluding hydrogens is 204 g/mol. The van der Waals surface area contributed by atoms with Crippen molar-refractivity contribution in [1.82, 2.24) is 0 Å². The van der Waals surface area contributed by atoms with Gasteiger partial charge in [-0.2, -0.15) is 0 Å². The Morgan fingerprint density at radius 3 is 2.75 bits per heavy atom. The van der Waals surface area contributed by atoms with Crippen molar-refractivity contribution in [3.8, 4) is 0 Å². The van der Waals surface area contributed by atoms with Crippen LogP contribution in [0.2, 0.25) is 0 Å². The van der Waals surface area contributed by atoms with E-state index in [0.29, 0.717) is 12.8 Å². The van der Waals surface area contributed by atoms with Gasteiger partial charge in [0.25, 0.3) is 0 Å². The van der Waals surface area contributed by atoms with Crippen molar-refractivity contribution in [2.75, 3.05) is 0 Å². The maximum atomic E-state index is 10.2. The molecule has 0 aromatic carbocycles. The highest BCUT2D eigenvalue weighted by atomic mass is 16.6. The zero-order valence-corrected chi connectivity index (χ0v) is 9.67. The Bertz CT molecular complexity index is 298. The lowest BCUT2D eigenvalue weighted by Gasteiger charge is -2.23. The highest BCUT2D eigenvalue weighted by Crippen LogP contribution is 2.48. The second kappa shape index (κ2) is 4.70. The summed E-state index contributed by atoms with van der Waals surface area (Å²) in [7, 11) is 0. The molecule has 0 unspecified atom stereocenters.